The van der Waals surface area contributed by atoms with Gasteiger partial charge in [-0.25, -0.2) is 0 Å². The van der Waals surface area contributed by atoms with Crippen LogP contribution in [0.4, 0.5) is 0 Å². The number of nitrogens with one attached hydrogen (secondary N) is 4. The van der Waals surface area contributed by atoms with Crippen LogP contribution in [0.25, 0.3) is 0 Å². The van der Waals surface area contributed by atoms with Crippen LogP contribution in [0.5, 0.6) is 0 Å². The van der Waals surface area contributed by atoms with E-state index in [-0.39, 0.29) is 47.9 Å². The van der Waals surface area contributed by atoms with Gasteiger partial charge in [0.2, 0.25) is 29.4 Å². The molecular weight excluding hydrogens is 514 g/mol. The van der Waals surface area contributed by atoms with Crippen molar-refractivity contribution in [2.45, 2.75) is 117 Å². The van der Waals surface area contributed by atoms with Crippen LogP contribution >= 0.6 is 0 Å². The Morgan fingerprint density at radius 2 is 1.62 bits per heavy atom. The molecule has 0 aromatic heterocycles. The minimum absolute atomic E-state index is 0.00987. The Morgan fingerprint density at radius 1 is 0.950 bits per heavy atom. The zero-order valence-electron chi connectivity index (χ0n) is 24.6. The molecule has 4 unspecified atom stereocenters. The van der Waals surface area contributed by atoms with Crippen LogP contribution in [0.15, 0.2) is 0 Å². The summed E-state index contributed by atoms with van der Waals surface area (Å²) in [6.45, 7) is 10.2. The maximum atomic E-state index is 13.9. The molecule has 0 radical (unpaired) electrons. The molecule has 2 heterocycles. The Kier molecular flexibility index (Phi) is 10.7. The highest BCUT2D eigenvalue weighted by Crippen LogP contribution is 2.31. The van der Waals surface area contributed by atoms with E-state index in [2.05, 4.69) is 21.3 Å². The van der Waals surface area contributed by atoms with Crippen molar-refractivity contribution in [2.24, 2.45) is 17.3 Å². The molecule has 2 saturated heterocycles. The van der Waals surface area contributed by atoms with Crippen LogP contribution in [0.1, 0.15) is 92.4 Å². The molecule has 0 aromatic carbocycles. The van der Waals surface area contributed by atoms with E-state index in [1.165, 1.54) is 4.90 Å². The molecule has 1 aliphatic carbocycles. The second-order valence-electron chi connectivity index (χ2n) is 13.1. The number of likely N-dealkylation sites (tertiary alicyclic amines) is 1. The van der Waals surface area contributed by atoms with Gasteiger partial charge in [0, 0.05) is 31.5 Å². The third-order valence-corrected chi connectivity index (χ3v) is 7.94. The van der Waals surface area contributed by atoms with E-state index in [0.29, 0.717) is 32.4 Å². The molecule has 11 nitrogen and oxygen atoms in total. The van der Waals surface area contributed by atoms with Crippen molar-refractivity contribution in [2.75, 3.05) is 13.1 Å². The molecule has 40 heavy (non-hydrogen) atoms. The highest BCUT2D eigenvalue weighted by Gasteiger charge is 2.43. The average molecular weight is 562 g/mol. The molecule has 0 spiro atoms. The summed E-state index contributed by atoms with van der Waals surface area (Å²) in [5, 5.41) is 11.0. The average Bonchev–Trinajstić information content (AvgIpc) is 3.62. The molecule has 0 bridgehead atoms. The van der Waals surface area contributed by atoms with Gasteiger partial charge in [-0.3, -0.25) is 28.8 Å². The second-order valence-corrected chi connectivity index (χ2v) is 13.1. The summed E-state index contributed by atoms with van der Waals surface area (Å²) in [4.78, 5) is 79.6. The monoisotopic (exact) mass is 561 g/mol. The van der Waals surface area contributed by atoms with Crippen molar-refractivity contribution in [3.8, 4) is 0 Å². The van der Waals surface area contributed by atoms with Gasteiger partial charge in [0.25, 0.3) is 5.91 Å². The highest BCUT2D eigenvalue weighted by molar-refractivity contribution is 6.38. The summed E-state index contributed by atoms with van der Waals surface area (Å²) in [5.74, 6) is -3.30. The summed E-state index contributed by atoms with van der Waals surface area (Å²) in [7, 11) is 0. The van der Waals surface area contributed by atoms with Crippen molar-refractivity contribution in [3.63, 3.8) is 0 Å². The SMILES string of the molecule is CC(C)NC(=O)C(=O)C(CC1CCNC1=O)NC(=O)C1CCCN1C(=O)C(NC(=O)CC(C)(C)C)C1CCCC1. The molecule has 5 amide bonds. The van der Waals surface area contributed by atoms with Gasteiger partial charge in [0.15, 0.2) is 0 Å². The molecule has 4 N–H and O–H groups in total. The highest BCUT2D eigenvalue weighted by atomic mass is 16.2. The maximum Gasteiger partial charge on any atom is 0.289 e. The summed E-state index contributed by atoms with van der Waals surface area (Å²) >= 11 is 0. The molecule has 11 heteroatoms. The number of ketones is 1. The van der Waals surface area contributed by atoms with Gasteiger partial charge in [0.1, 0.15) is 12.1 Å². The normalized spacial score (nSPS) is 23.1. The molecule has 2 aliphatic heterocycles. The minimum Gasteiger partial charge on any atom is -0.356 e. The molecule has 3 rings (SSSR count). The standard InChI is InChI=1S/C29H47N5O6/c1-17(2)31-27(39)24(36)20(15-19-12-13-30-25(19)37)32-26(38)21-11-8-14-34(21)28(40)23(18-9-6-7-10-18)33-22(35)16-29(3,4)5/h17-21,23H,6-16H2,1-5H3,(H,30,37)(H,31,39)(H,32,38)(H,33,35). The summed E-state index contributed by atoms with van der Waals surface area (Å²) in [6, 6.07) is -2.99. The quantitative estimate of drug-likeness (QED) is 0.278. The van der Waals surface area contributed by atoms with E-state index < -0.39 is 41.6 Å². The molecule has 0 aromatic rings. The number of Topliss-reactive ketones (excluding diaryl/α,β-unsaturated/α-hetero) is 1. The van der Waals surface area contributed by atoms with Crippen molar-refractivity contribution in [1.29, 1.82) is 0 Å². The number of hydrogen-bond donors (Lipinski definition) is 4. The first-order valence-electron chi connectivity index (χ1n) is 14.8. The fraction of sp³-hybridized carbons (Fsp3) is 0.793. The molecule has 1 saturated carbocycles. The predicted octanol–water partition coefficient (Wildman–Crippen LogP) is 1.19. The van der Waals surface area contributed by atoms with Crippen LogP contribution in [-0.2, 0) is 28.8 Å². The van der Waals surface area contributed by atoms with Gasteiger partial charge in [-0.15, -0.1) is 0 Å². The van der Waals surface area contributed by atoms with E-state index in [1.807, 2.05) is 20.8 Å². The Morgan fingerprint density at radius 3 is 2.20 bits per heavy atom. The third kappa shape index (κ3) is 8.51. The fourth-order valence-electron chi connectivity index (χ4n) is 6.01. The predicted molar refractivity (Wildman–Crippen MR) is 149 cm³/mol. The molecule has 3 fully saturated rings. The Bertz CT molecular complexity index is 984. The number of hydrogen-bond acceptors (Lipinski definition) is 6. The van der Waals surface area contributed by atoms with Crippen LogP contribution in [0, 0.1) is 17.3 Å². The number of carbonyl (C=O) groups is 6. The van der Waals surface area contributed by atoms with E-state index in [0.717, 1.165) is 25.7 Å². The van der Waals surface area contributed by atoms with Crippen molar-refractivity contribution in [1.82, 2.24) is 26.2 Å². The van der Waals surface area contributed by atoms with Gasteiger partial charge in [-0.2, -0.15) is 0 Å². The first kappa shape index (κ1) is 31.5. The van der Waals surface area contributed by atoms with E-state index in [1.54, 1.807) is 13.8 Å². The van der Waals surface area contributed by atoms with Gasteiger partial charge in [0.05, 0.1) is 6.04 Å². The Hall–Kier alpha value is -2.98. The fourth-order valence-corrected chi connectivity index (χ4v) is 6.01. The van der Waals surface area contributed by atoms with Crippen molar-refractivity contribution >= 4 is 35.3 Å². The number of rotatable bonds is 11. The second kappa shape index (κ2) is 13.6. The topological polar surface area (TPSA) is 154 Å². The van der Waals surface area contributed by atoms with Gasteiger partial charge < -0.3 is 26.2 Å². The number of amides is 5. The van der Waals surface area contributed by atoms with Gasteiger partial charge >= 0.3 is 0 Å². The van der Waals surface area contributed by atoms with Crippen molar-refractivity contribution in [3.05, 3.63) is 0 Å². The molecule has 3 aliphatic rings. The summed E-state index contributed by atoms with van der Waals surface area (Å²) in [6.07, 6.45) is 5.47. The van der Waals surface area contributed by atoms with Gasteiger partial charge in [-0.1, -0.05) is 33.6 Å². The lowest BCUT2D eigenvalue weighted by Gasteiger charge is -2.32. The zero-order valence-corrected chi connectivity index (χ0v) is 24.6. The maximum absolute atomic E-state index is 13.9. The smallest absolute Gasteiger partial charge is 0.289 e. The number of nitrogens with zero attached hydrogens (tertiary/aromatic N) is 1. The van der Waals surface area contributed by atoms with Crippen molar-refractivity contribution < 1.29 is 28.8 Å². The van der Waals surface area contributed by atoms with E-state index in [9.17, 15) is 28.8 Å². The Labute approximate surface area is 237 Å². The summed E-state index contributed by atoms with van der Waals surface area (Å²) in [5.41, 5.74) is -0.233. The van der Waals surface area contributed by atoms with E-state index in [4.69, 9.17) is 0 Å². The zero-order chi connectivity index (χ0) is 29.6. The van der Waals surface area contributed by atoms with Crippen LogP contribution < -0.4 is 21.3 Å². The lowest BCUT2D eigenvalue weighted by atomic mass is 9.90. The Balaban J connectivity index is 1.76. The lowest BCUT2D eigenvalue weighted by molar-refractivity contribution is -0.144. The van der Waals surface area contributed by atoms with Gasteiger partial charge in [-0.05, 0) is 63.7 Å². The molecule has 4 atom stereocenters. The van der Waals surface area contributed by atoms with Crippen LogP contribution in [-0.4, -0.2) is 77.5 Å². The van der Waals surface area contributed by atoms with E-state index >= 15 is 0 Å². The van der Waals surface area contributed by atoms with Crippen LogP contribution in [0.2, 0.25) is 0 Å². The first-order chi connectivity index (χ1) is 18.8. The van der Waals surface area contributed by atoms with Crippen LogP contribution in [0.3, 0.4) is 0 Å². The largest absolute Gasteiger partial charge is 0.356 e. The summed E-state index contributed by atoms with van der Waals surface area (Å²) < 4.78 is 0. The molecular formula is C29H47N5O6. The minimum atomic E-state index is -1.19. The first-order valence-corrected chi connectivity index (χ1v) is 14.8. The molecule has 224 valence electrons. The lowest BCUT2D eigenvalue weighted by Crippen LogP contribution is -2.58. The number of carbonyl (C=O) groups excluding carboxylic acids is 6. The third-order valence-electron chi connectivity index (χ3n) is 7.94.